The second-order valence-electron chi connectivity index (χ2n) is 6.40. The van der Waals surface area contributed by atoms with Gasteiger partial charge in [0.05, 0.1) is 11.1 Å². The highest BCUT2D eigenvalue weighted by atomic mass is 35.5. The Bertz CT molecular complexity index is 994. The Morgan fingerprint density at radius 1 is 1.19 bits per heavy atom. The van der Waals surface area contributed by atoms with Gasteiger partial charge in [-0.2, -0.15) is 0 Å². The van der Waals surface area contributed by atoms with Crippen LogP contribution in [0.4, 0.5) is 8.78 Å². The lowest BCUT2D eigenvalue weighted by Crippen LogP contribution is -2.29. The summed E-state index contributed by atoms with van der Waals surface area (Å²) in [6, 6.07) is 6.08. The van der Waals surface area contributed by atoms with Crippen molar-refractivity contribution in [1.29, 1.82) is 0 Å². The highest BCUT2D eigenvalue weighted by molar-refractivity contribution is 7.89. The van der Waals surface area contributed by atoms with Gasteiger partial charge >= 0.3 is 0 Å². The third kappa shape index (κ3) is 4.63. The van der Waals surface area contributed by atoms with Crippen LogP contribution in [0.2, 0.25) is 5.02 Å². The molecule has 1 aliphatic rings. The van der Waals surface area contributed by atoms with Crippen LogP contribution in [0.1, 0.15) is 41.7 Å². The SMILES string of the molecule is C[C@@H](NC(=O)c1ccc(Cl)c(S(=O)(=O)NC2CC2)c1)c1ccc(F)cc1F. The largest absolute Gasteiger partial charge is 0.345 e. The average Bonchev–Trinajstić information content (AvgIpc) is 3.38. The Labute approximate surface area is 160 Å². The van der Waals surface area contributed by atoms with Crippen molar-refractivity contribution in [2.45, 2.75) is 36.7 Å². The smallest absolute Gasteiger partial charge is 0.251 e. The Hall–Kier alpha value is -2.03. The second-order valence-corrected chi connectivity index (χ2v) is 8.49. The van der Waals surface area contributed by atoms with Gasteiger partial charge in [0.1, 0.15) is 16.5 Å². The first-order valence-corrected chi connectivity index (χ1v) is 10.1. The first kappa shape index (κ1) is 19.7. The highest BCUT2D eigenvalue weighted by Crippen LogP contribution is 2.27. The summed E-state index contributed by atoms with van der Waals surface area (Å²) in [5, 5.41) is 2.56. The van der Waals surface area contributed by atoms with E-state index >= 15 is 0 Å². The monoisotopic (exact) mass is 414 g/mol. The molecule has 0 aromatic heterocycles. The van der Waals surface area contributed by atoms with E-state index in [0.29, 0.717) is 0 Å². The van der Waals surface area contributed by atoms with Crippen molar-refractivity contribution in [3.63, 3.8) is 0 Å². The van der Waals surface area contributed by atoms with Crippen molar-refractivity contribution in [2.75, 3.05) is 0 Å². The van der Waals surface area contributed by atoms with E-state index in [9.17, 15) is 22.0 Å². The molecule has 9 heteroatoms. The number of carbonyl (C=O) groups is 1. The average molecular weight is 415 g/mol. The molecule has 144 valence electrons. The Kier molecular flexibility index (Phi) is 5.50. The minimum Gasteiger partial charge on any atom is -0.345 e. The van der Waals surface area contributed by atoms with Gasteiger partial charge in [-0.3, -0.25) is 4.79 Å². The fourth-order valence-electron chi connectivity index (χ4n) is 2.55. The molecule has 0 saturated heterocycles. The Balaban J connectivity index is 1.81. The maximum absolute atomic E-state index is 13.9. The van der Waals surface area contributed by atoms with E-state index in [0.717, 1.165) is 25.0 Å². The van der Waals surface area contributed by atoms with Gasteiger partial charge in [0.15, 0.2) is 0 Å². The summed E-state index contributed by atoms with van der Waals surface area (Å²) in [7, 11) is -3.84. The van der Waals surface area contributed by atoms with Crippen LogP contribution in [-0.2, 0) is 10.0 Å². The molecule has 0 heterocycles. The van der Waals surface area contributed by atoms with Crippen LogP contribution in [0.15, 0.2) is 41.3 Å². The van der Waals surface area contributed by atoms with Gasteiger partial charge in [0.2, 0.25) is 10.0 Å². The number of hydrogen-bond donors (Lipinski definition) is 2. The van der Waals surface area contributed by atoms with Crippen molar-refractivity contribution >= 4 is 27.5 Å². The molecular weight excluding hydrogens is 398 g/mol. The number of carbonyl (C=O) groups excluding carboxylic acids is 1. The minimum absolute atomic E-state index is 0.00247. The van der Waals surface area contributed by atoms with Crippen LogP contribution >= 0.6 is 11.6 Å². The van der Waals surface area contributed by atoms with Gasteiger partial charge in [0.25, 0.3) is 5.91 Å². The third-order valence-electron chi connectivity index (χ3n) is 4.16. The summed E-state index contributed by atoms with van der Waals surface area (Å²) < 4.78 is 54.2. The van der Waals surface area contributed by atoms with Crippen molar-refractivity contribution in [3.05, 3.63) is 64.2 Å². The summed E-state index contributed by atoms with van der Waals surface area (Å²) in [6.45, 7) is 1.54. The number of benzene rings is 2. The first-order valence-electron chi connectivity index (χ1n) is 8.25. The number of nitrogens with one attached hydrogen (secondary N) is 2. The summed E-state index contributed by atoms with van der Waals surface area (Å²) in [5.41, 5.74) is 0.173. The molecular formula is C18H17ClF2N2O3S. The molecule has 1 aliphatic carbocycles. The first-order chi connectivity index (χ1) is 12.7. The molecule has 2 aromatic rings. The van der Waals surface area contributed by atoms with Crippen molar-refractivity contribution in [2.24, 2.45) is 0 Å². The van der Waals surface area contributed by atoms with Gasteiger partial charge in [-0.05, 0) is 44.0 Å². The normalized spacial score (nSPS) is 15.4. The van der Waals surface area contributed by atoms with Crippen LogP contribution in [0, 0.1) is 11.6 Å². The molecule has 0 spiro atoms. The van der Waals surface area contributed by atoms with Crippen LogP contribution in [0.3, 0.4) is 0 Å². The van der Waals surface area contributed by atoms with Crippen molar-refractivity contribution in [1.82, 2.24) is 10.0 Å². The van der Waals surface area contributed by atoms with Gasteiger partial charge in [-0.15, -0.1) is 0 Å². The highest BCUT2D eigenvalue weighted by Gasteiger charge is 2.29. The number of hydrogen-bond acceptors (Lipinski definition) is 3. The zero-order valence-electron chi connectivity index (χ0n) is 14.3. The molecule has 3 rings (SSSR count). The molecule has 0 unspecified atom stereocenters. The molecule has 27 heavy (non-hydrogen) atoms. The maximum Gasteiger partial charge on any atom is 0.251 e. The van der Waals surface area contributed by atoms with E-state index < -0.39 is 33.6 Å². The number of rotatable bonds is 6. The van der Waals surface area contributed by atoms with Crippen LogP contribution in [-0.4, -0.2) is 20.4 Å². The zero-order chi connectivity index (χ0) is 19.8. The van der Waals surface area contributed by atoms with E-state index in [1.165, 1.54) is 31.2 Å². The van der Waals surface area contributed by atoms with Crippen LogP contribution < -0.4 is 10.0 Å². The topological polar surface area (TPSA) is 75.3 Å². The molecule has 2 aromatic carbocycles. The molecule has 0 radical (unpaired) electrons. The second kappa shape index (κ2) is 7.53. The minimum atomic E-state index is -3.84. The lowest BCUT2D eigenvalue weighted by Gasteiger charge is -2.16. The Morgan fingerprint density at radius 2 is 1.89 bits per heavy atom. The fourth-order valence-corrected chi connectivity index (χ4v) is 4.38. The maximum atomic E-state index is 13.9. The molecule has 2 N–H and O–H groups in total. The Morgan fingerprint density at radius 3 is 2.52 bits per heavy atom. The summed E-state index contributed by atoms with van der Waals surface area (Å²) in [6.07, 6.45) is 1.52. The van der Waals surface area contributed by atoms with E-state index in [4.69, 9.17) is 11.6 Å². The van der Waals surface area contributed by atoms with E-state index in [2.05, 4.69) is 10.0 Å². The molecule has 5 nitrogen and oxygen atoms in total. The summed E-state index contributed by atoms with van der Waals surface area (Å²) >= 11 is 5.99. The summed E-state index contributed by atoms with van der Waals surface area (Å²) in [4.78, 5) is 12.3. The van der Waals surface area contributed by atoms with E-state index in [1.807, 2.05) is 0 Å². The standard InChI is InChI=1S/C18H17ClF2N2O3S/c1-10(14-6-3-12(20)9-16(14)21)22-18(24)11-2-7-15(19)17(8-11)27(25,26)23-13-4-5-13/h2-3,6-10,13,23H,4-5H2,1H3,(H,22,24)/t10-/m1/s1. The quantitative estimate of drug-likeness (QED) is 0.759. The molecule has 1 amide bonds. The van der Waals surface area contributed by atoms with E-state index in [1.54, 1.807) is 0 Å². The van der Waals surface area contributed by atoms with E-state index in [-0.39, 0.29) is 27.1 Å². The molecule has 0 bridgehead atoms. The van der Waals surface area contributed by atoms with Gasteiger partial charge in [-0.1, -0.05) is 17.7 Å². The van der Waals surface area contributed by atoms with Gasteiger partial charge < -0.3 is 5.32 Å². The predicted octanol–water partition coefficient (Wildman–Crippen LogP) is 3.55. The van der Waals surface area contributed by atoms with Crippen molar-refractivity contribution in [3.8, 4) is 0 Å². The molecule has 1 fully saturated rings. The zero-order valence-corrected chi connectivity index (χ0v) is 15.9. The predicted molar refractivity (Wildman–Crippen MR) is 97.0 cm³/mol. The lowest BCUT2D eigenvalue weighted by atomic mass is 10.1. The molecule has 1 atom stereocenters. The van der Waals surface area contributed by atoms with Gasteiger partial charge in [-0.25, -0.2) is 21.9 Å². The van der Waals surface area contributed by atoms with Crippen LogP contribution in [0.5, 0.6) is 0 Å². The summed E-state index contributed by atoms with van der Waals surface area (Å²) in [5.74, 6) is -2.10. The molecule has 1 saturated carbocycles. The van der Waals surface area contributed by atoms with Crippen LogP contribution in [0.25, 0.3) is 0 Å². The lowest BCUT2D eigenvalue weighted by molar-refractivity contribution is 0.0939. The number of halogens is 3. The number of amides is 1. The van der Waals surface area contributed by atoms with Crippen molar-refractivity contribution < 1.29 is 22.0 Å². The number of sulfonamides is 1. The third-order valence-corrected chi connectivity index (χ3v) is 6.16. The van der Waals surface area contributed by atoms with Gasteiger partial charge in [0, 0.05) is 23.2 Å². The fraction of sp³-hybridized carbons (Fsp3) is 0.278. The molecule has 0 aliphatic heterocycles.